The number of aliphatic hydroxyl groups is 1. The van der Waals surface area contributed by atoms with Crippen molar-refractivity contribution in [1.82, 2.24) is 9.97 Å². The number of H-pyrrole nitrogens is 1. The normalized spacial score (nSPS) is 12.3. The van der Waals surface area contributed by atoms with Crippen LogP contribution < -0.4 is 0 Å². The third kappa shape index (κ3) is 2.41. The van der Waals surface area contributed by atoms with Crippen LogP contribution in [-0.4, -0.2) is 15.1 Å². The van der Waals surface area contributed by atoms with E-state index in [2.05, 4.69) is 22.1 Å². The van der Waals surface area contributed by atoms with E-state index in [1.807, 2.05) is 42.5 Å². The lowest BCUT2D eigenvalue weighted by Gasteiger charge is -2.09. The van der Waals surface area contributed by atoms with Crippen molar-refractivity contribution in [3.63, 3.8) is 0 Å². The minimum absolute atomic E-state index is 0.562. The van der Waals surface area contributed by atoms with Gasteiger partial charge in [0.25, 0.3) is 0 Å². The maximum Gasteiger partial charge on any atom is 0.139 e. The van der Waals surface area contributed by atoms with Crippen LogP contribution in [0.3, 0.4) is 0 Å². The van der Waals surface area contributed by atoms with Crippen LogP contribution in [0.15, 0.2) is 67.0 Å². The van der Waals surface area contributed by atoms with Gasteiger partial charge in [0.2, 0.25) is 0 Å². The summed E-state index contributed by atoms with van der Waals surface area (Å²) in [5.74, 6) is 0.562. The topological polar surface area (TPSA) is 48.9 Å². The SMILES string of the molecule is OC(c1ccc(-c2ccccc2)cc1)c1ncc[nH]1. The Kier molecular flexibility index (Phi) is 3.12. The summed E-state index contributed by atoms with van der Waals surface area (Å²) in [6, 6.07) is 18.0. The molecule has 1 aromatic heterocycles. The van der Waals surface area contributed by atoms with E-state index >= 15 is 0 Å². The van der Waals surface area contributed by atoms with Gasteiger partial charge in [-0.1, -0.05) is 54.6 Å². The first kappa shape index (κ1) is 11.7. The van der Waals surface area contributed by atoms with Crippen LogP contribution in [0.1, 0.15) is 17.5 Å². The van der Waals surface area contributed by atoms with E-state index in [0.717, 1.165) is 11.1 Å². The van der Waals surface area contributed by atoms with Gasteiger partial charge in [-0.2, -0.15) is 0 Å². The molecular formula is C16H14N2O. The van der Waals surface area contributed by atoms with Crippen LogP contribution >= 0.6 is 0 Å². The van der Waals surface area contributed by atoms with Gasteiger partial charge in [0.15, 0.2) is 0 Å². The van der Waals surface area contributed by atoms with Crippen molar-refractivity contribution in [2.75, 3.05) is 0 Å². The molecule has 1 heterocycles. The second-order valence-electron chi connectivity index (χ2n) is 4.36. The lowest BCUT2D eigenvalue weighted by molar-refractivity contribution is 0.211. The van der Waals surface area contributed by atoms with Gasteiger partial charge in [-0.15, -0.1) is 0 Å². The molecule has 2 aromatic carbocycles. The number of imidazole rings is 1. The molecule has 0 aliphatic heterocycles. The fourth-order valence-electron chi connectivity index (χ4n) is 2.07. The zero-order valence-electron chi connectivity index (χ0n) is 10.3. The number of hydrogen-bond acceptors (Lipinski definition) is 2. The summed E-state index contributed by atoms with van der Waals surface area (Å²) in [5.41, 5.74) is 3.13. The predicted octanol–water partition coefficient (Wildman–Crippen LogP) is 3.16. The molecule has 0 aliphatic carbocycles. The number of aromatic amines is 1. The molecule has 3 heteroatoms. The second kappa shape index (κ2) is 5.08. The zero-order valence-corrected chi connectivity index (χ0v) is 10.3. The Labute approximate surface area is 111 Å². The molecule has 0 saturated heterocycles. The summed E-state index contributed by atoms with van der Waals surface area (Å²) in [4.78, 5) is 6.99. The van der Waals surface area contributed by atoms with Gasteiger partial charge >= 0.3 is 0 Å². The number of nitrogens with one attached hydrogen (secondary N) is 1. The van der Waals surface area contributed by atoms with Gasteiger partial charge in [0.1, 0.15) is 11.9 Å². The van der Waals surface area contributed by atoms with Crippen molar-refractivity contribution in [1.29, 1.82) is 0 Å². The number of aromatic nitrogens is 2. The van der Waals surface area contributed by atoms with Gasteiger partial charge in [-0.05, 0) is 16.7 Å². The fraction of sp³-hybridized carbons (Fsp3) is 0.0625. The standard InChI is InChI=1S/C16H14N2O/c19-15(16-17-10-11-18-16)14-8-6-13(7-9-14)12-4-2-1-3-5-12/h1-11,15,19H,(H,17,18). The van der Waals surface area contributed by atoms with E-state index in [-0.39, 0.29) is 0 Å². The highest BCUT2D eigenvalue weighted by atomic mass is 16.3. The average molecular weight is 250 g/mol. The predicted molar refractivity (Wildman–Crippen MR) is 74.5 cm³/mol. The van der Waals surface area contributed by atoms with Gasteiger partial charge in [-0.25, -0.2) is 4.98 Å². The first-order chi connectivity index (χ1) is 9.34. The highest BCUT2D eigenvalue weighted by Gasteiger charge is 2.12. The summed E-state index contributed by atoms with van der Waals surface area (Å²) in [6.07, 6.45) is 2.63. The molecule has 0 bridgehead atoms. The molecule has 0 amide bonds. The van der Waals surface area contributed by atoms with Crippen molar-refractivity contribution in [2.45, 2.75) is 6.10 Å². The van der Waals surface area contributed by atoms with E-state index in [1.54, 1.807) is 12.4 Å². The van der Waals surface area contributed by atoms with Crippen molar-refractivity contribution in [2.24, 2.45) is 0 Å². The third-order valence-corrected chi connectivity index (χ3v) is 3.11. The van der Waals surface area contributed by atoms with Crippen LogP contribution in [0.2, 0.25) is 0 Å². The van der Waals surface area contributed by atoms with E-state index in [0.29, 0.717) is 5.82 Å². The van der Waals surface area contributed by atoms with Crippen LogP contribution in [0.4, 0.5) is 0 Å². The molecule has 19 heavy (non-hydrogen) atoms. The van der Waals surface area contributed by atoms with Crippen molar-refractivity contribution in [3.8, 4) is 11.1 Å². The molecule has 94 valence electrons. The molecule has 3 rings (SSSR count). The Balaban J connectivity index is 1.87. The molecule has 3 aromatic rings. The summed E-state index contributed by atoms with van der Waals surface area (Å²) >= 11 is 0. The van der Waals surface area contributed by atoms with Crippen LogP contribution in [0.5, 0.6) is 0 Å². The quantitative estimate of drug-likeness (QED) is 0.750. The number of aliphatic hydroxyl groups excluding tert-OH is 1. The van der Waals surface area contributed by atoms with E-state index in [1.165, 1.54) is 5.56 Å². The van der Waals surface area contributed by atoms with Gasteiger partial charge < -0.3 is 10.1 Å². The average Bonchev–Trinajstić information content (AvgIpc) is 3.02. The lowest BCUT2D eigenvalue weighted by atomic mass is 10.0. The first-order valence-electron chi connectivity index (χ1n) is 6.17. The molecule has 0 radical (unpaired) electrons. The lowest BCUT2D eigenvalue weighted by Crippen LogP contribution is -2.01. The zero-order chi connectivity index (χ0) is 13.1. The maximum atomic E-state index is 10.1. The molecule has 3 nitrogen and oxygen atoms in total. The Morgan fingerprint density at radius 2 is 1.58 bits per heavy atom. The van der Waals surface area contributed by atoms with Crippen LogP contribution in [0.25, 0.3) is 11.1 Å². The van der Waals surface area contributed by atoms with E-state index in [9.17, 15) is 5.11 Å². The minimum atomic E-state index is -0.708. The first-order valence-corrected chi connectivity index (χ1v) is 6.17. The second-order valence-corrected chi connectivity index (χ2v) is 4.36. The number of rotatable bonds is 3. The number of hydrogen-bond donors (Lipinski definition) is 2. The largest absolute Gasteiger partial charge is 0.380 e. The van der Waals surface area contributed by atoms with Crippen LogP contribution in [0, 0.1) is 0 Å². The molecule has 1 atom stereocenters. The van der Waals surface area contributed by atoms with Crippen molar-refractivity contribution in [3.05, 3.63) is 78.4 Å². The monoisotopic (exact) mass is 250 g/mol. The molecule has 0 saturated carbocycles. The summed E-state index contributed by atoms with van der Waals surface area (Å²) < 4.78 is 0. The van der Waals surface area contributed by atoms with E-state index < -0.39 is 6.10 Å². The molecule has 1 unspecified atom stereocenters. The minimum Gasteiger partial charge on any atom is -0.380 e. The Bertz CT molecular complexity index is 630. The van der Waals surface area contributed by atoms with Gasteiger partial charge in [-0.3, -0.25) is 0 Å². The number of nitrogens with zero attached hydrogens (tertiary/aromatic N) is 1. The summed E-state index contributed by atoms with van der Waals surface area (Å²) in [5, 5.41) is 10.1. The highest BCUT2D eigenvalue weighted by molar-refractivity contribution is 5.63. The Morgan fingerprint density at radius 1 is 0.895 bits per heavy atom. The Morgan fingerprint density at radius 3 is 2.21 bits per heavy atom. The Hall–Kier alpha value is -2.39. The van der Waals surface area contributed by atoms with Crippen LogP contribution in [-0.2, 0) is 0 Å². The fourth-order valence-corrected chi connectivity index (χ4v) is 2.07. The molecular weight excluding hydrogens is 236 g/mol. The molecule has 0 fully saturated rings. The van der Waals surface area contributed by atoms with E-state index in [4.69, 9.17) is 0 Å². The highest BCUT2D eigenvalue weighted by Crippen LogP contribution is 2.23. The van der Waals surface area contributed by atoms with Gasteiger partial charge in [0.05, 0.1) is 0 Å². The molecule has 2 N–H and O–H groups in total. The third-order valence-electron chi connectivity index (χ3n) is 3.11. The summed E-state index contributed by atoms with van der Waals surface area (Å²) in [7, 11) is 0. The molecule has 0 spiro atoms. The number of benzene rings is 2. The molecule has 0 aliphatic rings. The van der Waals surface area contributed by atoms with Gasteiger partial charge in [0, 0.05) is 12.4 Å². The van der Waals surface area contributed by atoms with Crippen molar-refractivity contribution < 1.29 is 5.11 Å². The summed E-state index contributed by atoms with van der Waals surface area (Å²) in [6.45, 7) is 0. The van der Waals surface area contributed by atoms with Crippen molar-refractivity contribution >= 4 is 0 Å². The maximum absolute atomic E-state index is 10.1. The smallest absolute Gasteiger partial charge is 0.139 e.